The van der Waals surface area contributed by atoms with Crippen molar-refractivity contribution in [1.82, 2.24) is 5.32 Å². The van der Waals surface area contributed by atoms with Gasteiger partial charge in [0.05, 0.1) is 0 Å². The fourth-order valence-electron chi connectivity index (χ4n) is 2.19. The Balaban J connectivity index is 2.57. The van der Waals surface area contributed by atoms with Crippen LogP contribution in [0.25, 0.3) is 0 Å². The Morgan fingerprint density at radius 2 is 2.18 bits per heavy atom. The Labute approximate surface area is 70.6 Å². The maximum absolute atomic E-state index is 3.51. The normalized spacial score (nSPS) is 32.7. The van der Waals surface area contributed by atoms with Crippen LogP contribution in [0.15, 0.2) is 0 Å². The van der Waals surface area contributed by atoms with Gasteiger partial charge in [-0.05, 0) is 37.1 Å². The predicted molar refractivity (Wildman–Crippen MR) is 49.7 cm³/mol. The first-order valence-corrected chi connectivity index (χ1v) is 4.92. The van der Waals surface area contributed by atoms with Crippen LogP contribution in [0, 0.1) is 11.3 Å². The van der Waals surface area contributed by atoms with E-state index in [9.17, 15) is 0 Å². The summed E-state index contributed by atoms with van der Waals surface area (Å²) in [7, 11) is 0. The van der Waals surface area contributed by atoms with Crippen molar-refractivity contribution in [2.75, 3.05) is 13.1 Å². The fourth-order valence-corrected chi connectivity index (χ4v) is 2.19. The second-order valence-electron chi connectivity index (χ2n) is 4.15. The van der Waals surface area contributed by atoms with Crippen molar-refractivity contribution >= 4 is 0 Å². The molecule has 0 aliphatic carbocycles. The lowest BCUT2D eigenvalue weighted by Crippen LogP contribution is -2.42. The molecule has 1 saturated heterocycles. The maximum atomic E-state index is 3.51. The molecule has 1 atom stereocenters. The molecule has 0 saturated carbocycles. The van der Waals surface area contributed by atoms with Gasteiger partial charge in [-0.25, -0.2) is 0 Å². The first-order valence-electron chi connectivity index (χ1n) is 4.92. The second kappa shape index (κ2) is 3.57. The zero-order valence-corrected chi connectivity index (χ0v) is 8.11. The quantitative estimate of drug-likeness (QED) is 0.646. The van der Waals surface area contributed by atoms with Crippen LogP contribution < -0.4 is 5.32 Å². The summed E-state index contributed by atoms with van der Waals surface area (Å²) < 4.78 is 0. The van der Waals surface area contributed by atoms with Crippen molar-refractivity contribution in [2.24, 2.45) is 11.3 Å². The van der Waals surface area contributed by atoms with Gasteiger partial charge in [-0.15, -0.1) is 0 Å². The molecule has 0 aromatic rings. The van der Waals surface area contributed by atoms with Gasteiger partial charge in [0, 0.05) is 6.54 Å². The minimum Gasteiger partial charge on any atom is -0.316 e. The number of piperidine rings is 1. The fraction of sp³-hybridized carbons (Fsp3) is 1.00. The van der Waals surface area contributed by atoms with E-state index in [2.05, 4.69) is 26.1 Å². The van der Waals surface area contributed by atoms with E-state index >= 15 is 0 Å². The standard InChI is InChI=1S/C10H21N/c1-4-10(9(2)3)6-5-7-11-8-10/h9,11H,4-8H2,1-3H3. The highest BCUT2D eigenvalue weighted by Gasteiger charge is 2.32. The molecule has 1 nitrogen and oxygen atoms in total. The number of hydrogen-bond acceptors (Lipinski definition) is 1. The van der Waals surface area contributed by atoms with Crippen molar-refractivity contribution in [3.63, 3.8) is 0 Å². The van der Waals surface area contributed by atoms with Crippen molar-refractivity contribution < 1.29 is 0 Å². The van der Waals surface area contributed by atoms with Crippen molar-refractivity contribution in [1.29, 1.82) is 0 Å². The van der Waals surface area contributed by atoms with Gasteiger partial charge in [0.1, 0.15) is 0 Å². The lowest BCUT2D eigenvalue weighted by Gasteiger charge is -2.40. The molecule has 1 rings (SSSR count). The molecule has 1 aliphatic rings. The highest BCUT2D eigenvalue weighted by atomic mass is 14.9. The lowest BCUT2D eigenvalue weighted by molar-refractivity contribution is 0.129. The summed E-state index contributed by atoms with van der Waals surface area (Å²) in [6, 6.07) is 0. The highest BCUT2D eigenvalue weighted by Crippen LogP contribution is 2.37. The second-order valence-corrected chi connectivity index (χ2v) is 4.15. The van der Waals surface area contributed by atoms with Gasteiger partial charge >= 0.3 is 0 Å². The van der Waals surface area contributed by atoms with Gasteiger partial charge in [-0.2, -0.15) is 0 Å². The predicted octanol–water partition coefficient (Wildman–Crippen LogP) is 2.42. The molecule has 66 valence electrons. The largest absolute Gasteiger partial charge is 0.316 e. The van der Waals surface area contributed by atoms with E-state index in [4.69, 9.17) is 0 Å². The van der Waals surface area contributed by atoms with Crippen molar-refractivity contribution in [2.45, 2.75) is 40.0 Å². The summed E-state index contributed by atoms with van der Waals surface area (Å²) in [6.07, 6.45) is 4.12. The molecular formula is C10H21N. The van der Waals surface area contributed by atoms with Crippen LogP contribution in [-0.2, 0) is 0 Å². The number of nitrogens with one attached hydrogen (secondary N) is 1. The average molecular weight is 155 g/mol. The van der Waals surface area contributed by atoms with E-state index in [1.54, 1.807) is 0 Å². The molecular weight excluding hydrogens is 134 g/mol. The highest BCUT2D eigenvalue weighted by molar-refractivity contribution is 4.86. The molecule has 1 heterocycles. The number of rotatable bonds is 2. The van der Waals surface area contributed by atoms with E-state index in [1.807, 2.05) is 0 Å². The smallest absolute Gasteiger partial charge is 0.00102 e. The third kappa shape index (κ3) is 1.76. The first kappa shape index (κ1) is 9.05. The maximum Gasteiger partial charge on any atom is 0.00102 e. The molecule has 1 fully saturated rings. The summed E-state index contributed by atoms with van der Waals surface area (Å²) in [5.41, 5.74) is 0.609. The van der Waals surface area contributed by atoms with Crippen LogP contribution in [0.4, 0.5) is 0 Å². The summed E-state index contributed by atoms with van der Waals surface area (Å²) in [5.74, 6) is 0.834. The molecule has 0 spiro atoms. The Morgan fingerprint density at radius 3 is 2.45 bits per heavy atom. The van der Waals surface area contributed by atoms with Crippen LogP contribution in [0.2, 0.25) is 0 Å². The van der Waals surface area contributed by atoms with Crippen molar-refractivity contribution in [3.05, 3.63) is 0 Å². The lowest BCUT2D eigenvalue weighted by atomic mass is 9.70. The topological polar surface area (TPSA) is 12.0 Å². The Morgan fingerprint density at radius 1 is 1.45 bits per heavy atom. The summed E-state index contributed by atoms with van der Waals surface area (Å²) >= 11 is 0. The molecule has 1 N–H and O–H groups in total. The summed E-state index contributed by atoms with van der Waals surface area (Å²) in [4.78, 5) is 0. The molecule has 0 bridgehead atoms. The zero-order valence-electron chi connectivity index (χ0n) is 8.11. The molecule has 1 heteroatoms. The van der Waals surface area contributed by atoms with Crippen LogP contribution >= 0.6 is 0 Å². The average Bonchev–Trinajstić information content (AvgIpc) is 2.05. The third-order valence-corrected chi connectivity index (χ3v) is 3.43. The van der Waals surface area contributed by atoms with Gasteiger partial charge in [-0.3, -0.25) is 0 Å². The molecule has 0 aromatic carbocycles. The minimum absolute atomic E-state index is 0.609. The number of hydrogen-bond donors (Lipinski definition) is 1. The van der Waals surface area contributed by atoms with Gasteiger partial charge in [0.15, 0.2) is 0 Å². The van der Waals surface area contributed by atoms with E-state index in [-0.39, 0.29) is 0 Å². The van der Waals surface area contributed by atoms with Crippen LogP contribution in [-0.4, -0.2) is 13.1 Å². The van der Waals surface area contributed by atoms with Crippen molar-refractivity contribution in [3.8, 4) is 0 Å². The van der Waals surface area contributed by atoms with E-state index in [1.165, 1.54) is 32.4 Å². The molecule has 11 heavy (non-hydrogen) atoms. The SMILES string of the molecule is CCC1(C(C)C)CCCNC1. The molecule has 1 aliphatic heterocycles. The monoisotopic (exact) mass is 155 g/mol. The first-order chi connectivity index (χ1) is 5.21. The van der Waals surface area contributed by atoms with Crippen LogP contribution in [0.1, 0.15) is 40.0 Å². The molecule has 0 radical (unpaired) electrons. The zero-order chi connectivity index (χ0) is 8.32. The third-order valence-electron chi connectivity index (χ3n) is 3.43. The van der Waals surface area contributed by atoms with Gasteiger partial charge in [0.2, 0.25) is 0 Å². The molecule has 0 amide bonds. The van der Waals surface area contributed by atoms with Gasteiger partial charge in [0.25, 0.3) is 0 Å². The van der Waals surface area contributed by atoms with E-state index in [0.717, 1.165) is 5.92 Å². The molecule has 0 aromatic heterocycles. The van der Waals surface area contributed by atoms with Crippen LogP contribution in [0.3, 0.4) is 0 Å². The van der Waals surface area contributed by atoms with E-state index < -0.39 is 0 Å². The minimum atomic E-state index is 0.609. The Hall–Kier alpha value is -0.0400. The van der Waals surface area contributed by atoms with E-state index in [0.29, 0.717) is 5.41 Å². The Kier molecular flexibility index (Phi) is 2.94. The summed E-state index contributed by atoms with van der Waals surface area (Å²) in [6.45, 7) is 9.51. The Bertz CT molecular complexity index is 112. The van der Waals surface area contributed by atoms with Gasteiger partial charge < -0.3 is 5.32 Å². The molecule has 1 unspecified atom stereocenters. The summed E-state index contributed by atoms with van der Waals surface area (Å²) in [5, 5.41) is 3.51. The van der Waals surface area contributed by atoms with Crippen LogP contribution in [0.5, 0.6) is 0 Å². The van der Waals surface area contributed by atoms with Gasteiger partial charge in [-0.1, -0.05) is 20.8 Å².